The van der Waals surface area contributed by atoms with Crippen molar-refractivity contribution in [2.75, 3.05) is 43.4 Å². The quantitative estimate of drug-likeness (QED) is 0.662. The Kier molecular flexibility index (Phi) is 7.36. The van der Waals surface area contributed by atoms with Gasteiger partial charge in [-0.15, -0.1) is 13.2 Å². The van der Waals surface area contributed by atoms with Gasteiger partial charge in [0.25, 0.3) is 0 Å². The van der Waals surface area contributed by atoms with E-state index in [4.69, 9.17) is 4.52 Å². The molecule has 174 valence electrons. The predicted octanol–water partition coefficient (Wildman–Crippen LogP) is 2.46. The van der Waals surface area contributed by atoms with Crippen LogP contribution >= 0.6 is 0 Å². The number of ether oxygens (including phenoxy) is 1. The summed E-state index contributed by atoms with van der Waals surface area (Å²) in [5.74, 6) is -0.546. The smallest absolute Gasteiger partial charge is 0.406 e. The maximum atomic E-state index is 12.4. The molecule has 1 aromatic carbocycles. The lowest BCUT2D eigenvalue weighted by atomic mass is 10.2. The van der Waals surface area contributed by atoms with Gasteiger partial charge in [0.05, 0.1) is 18.3 Å². The number of nitrogens with one attached hydrogen (secondary N) is 2. The van der Waals surface area contributed by atoms with Gasteiger partial charge >= 0.3 is 6.36 Å². The van der Waals surface area contributed by atoms with Gasteiger partial charge < -0.3 is 14.6 Å². The number of hydrogen-bond donors (Lipinski definition) is 2. The second-order valence-electron chi connectivity index (χ2n) is 7.43. The number of amides is 2. The molecule has 0 aliphatic carbocycles. The summed E-state index contributed by atoms with van der Waals surface area (Å²) >= 11 is 0. The molecular weight excluding hydrogens is 431 g/mol. The largest absolute Gasteiger partial charge is 0.573 e. The molecule has 2 amide bonds. The summed E-state index contributed by atoms with van der Waals surface area (Å²) in [6, 6.07) is 6.20. The predicted molar refractivity (Wildman–Crippen MR) is 109 cm³/mol. The van der Waals surface area contributed by atoms with Gasteiger partial charge in [-0.1, -0.05) is 5.16 Å². The van der Waals surface area contributed by atoms with Gasteiger partial charge in [0.15, 0.2) is 0 Å². The standard InChI is InChI=1S/C20H24F3N5O4/c1-13-11-18(32-26-13)25-19(30)14(2)28-9-7-27(8-10-28)12-17(29)24-15-3-5-16(6-4-15)31-20(21,22)23/h3-6,11,14H,7-10,12H2,1-2H3,(H,24,29)(H,25,30). The van der Waals surface area contributed by atoms with Crippen LogP contribution in [0.25, 0.3) is 0 Å². The highest BCUT2D eigenvalue weighted by Crippen LogP contribution is 2.24. The number of anilines is 2. The molecule has 1 aliphatic heterocycles. The lowest BCUT2D eigenvalue weighted by molar-refractivity contribution is -0.274. The molecule has 0 spiro atoms. The molecule has 0 bridgehead atoms. The molecule has 9 nitrogen and oxygen atoms in total. The minimum absolute atomic E-state index is 0.132. The minimum Gasteiger partial charge on any atom is -0.406 e. The normalized spacial score (nSPS) is 16.4. The number of hydrogen-bond acceptors (Lipinski definition) is 7. The average molecular weight is 455 g/mol. The summed E-state index contributed by atoms with van der Waals surface area (Å²) in [7, 11) is 0. The number of piperazine rings is 1. The van der Waals surface area contributed by atoms with Gasteiger partial charge in [0.2, 0.25) is 17.7 Å². The van der Waals surface area contributed by atoms with Crippen molar-refractivity contribution in [1.82, 2.24) is 15.0 Å². The van der Waals surface area contributed by atoms with Crippen molar-refractivity contribution in [3.63, 3.8) is 0 Å². The van der Waals surface area contributed by atoms with Crippen LogP contribution in [0.1, 0.15) is 12.6 Å². The first-order valence-corrected chi connectivity index (χ1v) is 9.95. The zero-order valence-corrected chi connectivity index (χ0v) is 17.6. The molecule has 3 rings (SSSR count). The number of carbonyl (C=O) groups is 2. The lowest BCUT2D eigenvalue weighted by Gasteiger charge is -2.36. The third-order valence-electron chi connectivity index (χ3n) is 4.95. The summed E-state index contributed by atoms with van der Waals surface area (Å²) in [5.41, 5.74) is 1.04. The molecule has 1 atom stereocenters. The number of halogens is 3. The van der Waals surface area contributed by atoms with Crippen LogP contribution in [0.2, 0.25) is 0 Å². The first-order valence-electron chi connectivity index (χ1n) is 9.95. The van der Waals surface area contributed by atoms with Gasteiger partial charge in [-0.05, 0) is 38.1 Å². The van der Waals surface area contributed by atoms with Crippen molar-refractivity contribution >= 4 is 23.4 Å². The zero-order chi connectivity index (χ0) is 23.3. The van der Waals surface area contributed by atoms with Gasteiger partial charge in [0, 0.05) is 37.9 Å². The number of nitrogens with zero attached hydrogens (tertiary/aromatic N) is 3. The third-order valence-corrected chi connectivity index (χ3v) is 4.95. The van der Waals surface area contributed by atoms with E-state index in [2.05, 4.69) is 20.5 Å². The molecule has 2 heterocycles. The fourth-order valence-electron chi connectivity index (χ4n) is 3.27. The molecule has 2 N–H and O–H groups in total. The molecular formula is C20H24F3N5O4. The number of aromatic nitrogens is 1. The number of aryl methyl sites for hydroxylation is 1. The molecule has 32 heavy (non-hydrogen) atoms. The van der Waals surface area contributed by atoms with E-state index >= 15 is 0 Å². The highest BCUT2D eigenvalue weighted by Gasteiger charge is 2.31. The topological polar surface area (TPSA) is 99.9 Å². The summed E-state index contributed by atoms with van der Waals surface area (Å²) in [6.45, 7) is 6.06. The van der Waals surface area contributed by atoms with Crippen molar-refractivity contribution in [3.8, 4) is 5.75 Å². The molecule has 2 aromatic rings. The van der Waals surface area contributed by atoms with E-state index in [1.807, 2.05) is 9.80 Å². The first kappa shape index (κ1) is 23.5. The van der Waals surface area contributed by atoms with Crippen molar-refractivity contribution in [3.05, 3.63) is 36.0 Å². The second-order valence-corrected chi connectivity index (χ2v) is 7.43. The van der Waals surface area contributed by atoms with E-state index in [1.165, 1.54) is 12.1 Å². The molecule has 1 unspecified atom stereocenters. The van der Waals surface area contributed by atoms with Crippen LogP contribution in [0.3, 0.4) is 0 Å². The minimum atomic E-state index is -4.76. The first-order chi connectivity index (χ1) is 15.1. The van der Waals surface area contributed by atoms with Crippen LogP contribution in [0.5, 0.6) is 5.75 Å². The Labute approximate surface area is 182 Å². The van der Waals surface area contributed by atoms with E-state index in [-0.39, 0.29) is 30.2 Å². The number of carbonyl (C=O) groups excluding carboxylic acids is 2. The van der Waals surface area contributed by atoms with Crippen molar-refractivity contribution in [1.29, 1.82) is 0 Å². The number of benzene rings is 1. The van der Waals surface area contributed by atoms with Crippen LogP contribution in [0, 0.1) is 6.92 Å². The Morgan fingerprint density at radius 3 is 2.38 bits per heavy atom. The van der Waals surface area contributed by atoms with Crippen molar-refractivity contribution in [2.45, 2.75) is 26.3 Å². The number of rotatable bonds is 7. The Bertz CT molecular complexity index is 924. The fraction of sp³-hybridized carbons (Fsp3) is 0.450. The van der Waals surface area contributed by atoms with Gasteiger partial charge in [0.1, 0.15) is 5.75 Å². The molecule has 0 radical (unpaired) electrons. The molecule has 1 aromatic heterocycles. The van der Waals surface area contributed by atoms with Gasteiger partial charge in [-0.25, -0.2) is 0 Å². The molecule has 0 saturated carbocycles. The Balaban J connectivity index is 1.41. The lowest BCUT2D eigenvalue weighted by Crippen LogP contribution is -2.53. The Morgan fingerprint density at radius 1 is 1.16 bits per heavy atom. The van der Waals surface area contributed by atoms with E-state index in [0.29, 0.717) is 43.4 Å². The molecule has 1 fully saturated rings. The van der Waals surface area contributed by atoms with Crippen LogP contribution in [0.4, 0.5) is 24.7 Å². The van der Waals surface area contributed by atoms with Crippen molar-refractivity contribution < 1.29 is 32.0 Å². The highest BCUT2D eigenvalue weighted by atomic mass is 19.4. The zero-order valence-electron chi connectivity index (χ0n) is 17.6. The monoisotopic (exact) mass is 455 g/mol. The van der Waals surface area contributed by atoms with Gasteiger partial charge in [-0.2, -0.15) is 0 Å². The summed E-state index contributed by atoms with van der Waals surface area (Å²) in [4.78, 5) is 28.6. The summed E-state index contributed by atoms with van der Waals surface area (Å²) in [5, 5.41) is 9.07. The Morgan fingerprint density at radius 2 is 1.81 bits per heavy atom. The van der Waals surface area contributed by atoms with Crippen LogP contribution in [-0.2, 0) is 9.59 Å². The fourth-order valence-corrected chi connectivity index (χ4v) is 3.27. The summed E-state index contributed by atoms with van der Waals surface area (Å²) in [6.07, 6.45) is -4.76. The van der Waals surface area contributed by atoms with Crippen LogP contribution in [0.15, 0.2) is 34.9 Å². The second kappa shape index (κ2) is 10.0. The van der Waals surface area contributed by atoms with E-state index < -0.39 is 6.36 Å². The third kappa shape index (κ3) is 6.95. The highest BCUT2D eigenvalue weighted by molar-refractivity contribution is 5.93. The van der Waals surface area contributed by atoms with E-state index in [0.717, 1.165) is 12.1 Å². The van der Waals surface area contributed by atoms with E-state index in [9.17, 15) is 22.8 Å². The van der Waals surface area contributed by atoms with Gasteiger partial charge in [-0.3, -0.25) is 24.7 Å². The Hall–Kier alpha value is -3.12. The molecule has 12 heteroatoms. The summed E-state index contributed by atoms with van der Waals surface area (Å²) < 4.78 is 45.4. The number of alkyl halides is 3. The van der Waals surface area contributed by atoms with Crippen molar-refractivity contribution in [2.24, 2.45) is 0 Å². The SMILES string of the molecule is Cc1cc(NC(=O)C(C)N2CCN(CC(=O)Nc3ccc(OC(F)(F)F)cc3)CC2)on1. The average Bonchev–Trinajstić information content (AvgIpc) is 3.13. The maximum absolute atomic E-state index is 12.4. The van der Waals surface area contributed by atoms with Crippen LogP contribution < -0.4 is 15.4 Å². The molecule has 1 saturated heterocycles. The maximum Gasteiger partial charge on any atom is 0.573 e. The van der Waals surface area contributed by atoms with Crippen LogP contribution in [-0.4, -0.2) is 71.9 Å². The molecule has 1 aliphatic rings. The van der Waals surface area contributed by atoms with E-state index in [1.54, 1.807) is 19.9 Å².